The smallest absolute Gasteiger partial charge is 0.302 e. The van der Waals surface area contributed by atoms with Crippen LogP contribution < -0.4 is 16.0 Å². The summed E-state index contributed by atoms with van der Waals surface area (Å²) in [5.41, 5.74) is 4.42. The summed E-state index contributed by atoms with van der Waals surface area (Å²) in [4.78, 5) is 49.8. The van der Waals surface area contributed by atoms with Crippen LogP contribution in [0.25, 0.3) is 11.1 Å². The van der Waals surface area contributed by atoms with Crippen molar-refractivity contribution in [3.8, 4) is 11.1 Å². The van der Waals surface area contributed by atoms with Gasteiger partial charge in [-0.2, -0.15) is 0 Å². The van der Waals surface area contributed by atoms with E-state index in [0.717, 1.165) is 35.1 Å². The number of fused-ring (bicyclic) bond motifs is 3. The van der Waals surface area contributed by atoms with Gasteiger partial charge in [0.05, 0.1) is 13.2 Å². The predicted octanol–water partition coefficient (Wildman–Crippen LogP) is 3.42. The summed E-state index contributed by atoms with van der Waals surface area (Å²) < 4.78 is 26.4. The molecule has 0 aromatic heterocycles. The molecule has 2 aromatic rings. The van der Waals surface area contributed by atoms with Crippen molar-refractivity contribution in [2.75, 3.05) is 78.9 Å². The molecule has 1 unspecified atom stereocenters. The Morgan fingerprint density at radius 3 is 2.09 bits per heavy atom. The molecular formula is C34H47N3O9. The molecule has 1 aliphatic carbocycles. The summed E-state index contributed by atoms with van der Waals surface area (Å²) in [6, 6.07) is 11.0. The van der Waals surface area contributed by atoms with Crippen LogP contribution in [0.1, 0.15) is 66.4 Å². The lowest BCUT2D eigenvalue weighted by Crippen LogP contribution is -2.28. The molecule has 1 aliphatic rings. The third-order valence-electron chi connectivity index (χ3n) is 7.33. The van der Waals surface area contributed by atoms with Gasteiger partial charge in [-0.25, -0.2) is 0 Å². The number of nitrogens with one attached hydrogen (secondary N) is 3. The van der Waals surface area contributed by atoms with Crippen molar-refractivity contribution in [1.29, 1.82) is 0 Å². The van der Waals surface area contributed by atoms with E-state index < -0.39 is 5.97 Å². The highest BCUT2D eigenvalue weighted by molar-refractivity contribution is 6.04. The molecule has 12 heteroatoms. The fourth-order valence-corrected chi connectivity index (χ4v) is 5.19. The van der Waals surface area contributed by atoms with Crippen molar-refractivity contribution in [3.05, 3.63) is 53.1 Å². The van der Waals surface area contributed by atoms with E-state index in [2.05, 4.69) is 16.0 Å². The van der Waals surface area contributed by atoms with E-state index in [0.29, 0.717) is 70.4 Å². The summed E-state index contributed by atoms with van der Waals surface area (Å²) in [5.74, 6) is -1.29. The molecule has 1 atom stereocenters. The number of carbonyl (C=O) groups excluding carboxylic acids is 4. The Bertz CT molecular complexity index is 1300. The minimum absolute atomic E-state index is 0.0976. The first-order chi connectivity index (χ1) is 22.3. The monoisotopic (exact) mass is 641 g/mol. The summed E-state index contributed by atoms with van der Waals surface area (Å²) >= 11 is 0. The SMILES string of the molecule is COCCCOCCNC(=O)CCCC(=O)Nc1ccc2c(c1)C(COC(C)=O)c1cccc(C(=O)NCCOCCCOC)c1-2. The number of esters is 1. The number of methoxy groups -OCH3 is 2. The molecule has 2 aromatic carbocycles. The van der Waals surface area contributed by atoms with Gasteiger partial charge >= 0.3 is 5.97 Å². The summed E-state index contributed by atoms with van der Waals surface area (Å²) in [6.07, 6.45) is 2.38. The number of hydrogen-bond donors (Lipinski definition) is 3. The lowest BCUT2D eigenvalue weighted by Gasteiger charge is -2.15. The van der Waals surface area contributed by atoms with E-state index >= 15 is 0 Å². The van der Waals surface area contributed by atoms with Crippen molar-refractivity contribution in [1.82, 2.24) is 10.6 Å². The van der Waals surface area contributed by atoms with E-state index in [9.17, 15) is 19.2 Å². The van der Waals surface area contributed by atoms with Gasteiger partial charge in [0.15, 0.2) is 0 Å². The molecular weight excluding hydrogens is 594 g/mol. The number of anilines is 1. The first-order valence-corrected chi connectivity index (χ1v) is 15.7. The van der Waals surface area contributed by atoms with Gasteiger partial charge in [-0.05, 0) is 59.7 Å². The number of ether oxygens (including phenoxy) is 5. The summed E-state index contributed by atoms with van der Waals surface area (Å²) in [5, 5.41) is 8.63. The molecule has 46 heavy (non-hydrogen) atoms. The molecule has 0 saturated carbocycles. The first kappa shape index (κ1) is 36.6. The van der Waals surface area contributed by atoms with E-state index in [1.54, 1.807) is 26.4 Å². The molecule has 0 aliphatic heterocycles. The van der Waals surface area contributed by atoms with Crippen LogP contribution in [-0.2, 0) is 38.1 Å². The summed E-state index contributed by atoms with van der Waals surface area (Å²) in [6.45, 7) is 5.41. The maximum atomic E-state index is 13.2. The predicted molar refractivity (Wildman–Crippen MR) is 173 cm³/mol. The lowest BCUT2D eigenvalue weighted by molar-refractivity contribution is -0.141. The first-order valence-electron chi connectivity index (χ1n) is 15.7. The van der Waals surface area contributed by atoms with Crippen LogP contribution >= 0.6 is 0 Å². The van der Waals surface area contributed by atoms with Crippen LogP contribution in [0.15, 0.2) is 36.4 Å². The Balaban J connectivity index is 1.59. The van der Waals surface area contributed by atoms with Crippen molar-refractivity contribution >= 4 is 29.4 Å². The molecule has 0 heterocycles. The molecule has 3 rings (SSSR count). The quantitative estimate of drug-likeness (QED) is 0.130. The number of amides is 3. The van der Waals surface area contributed by atoms with Gasteiger partial charge in [-0.15, -0.1) is 0 Å². The maximum absolute atomic E-state index is 13.2. The van der Waals surface area contributed by atoms with Crippen LogP contribution in [0.5, 0.6) is 0 Å². The number of rotatable bonds is 22. The second-order valence-corrected chi connectivity index (χ2v) is 10.9. The van der Waals surface area contributed by atoms with Gasteiger partial charge in [-0.3, -0.25) is 19.2 Å². The fourth-order valence-electron chi connectivity index (χ4n) is 5.19. The maximum Gasteiger partial charge on any atom is 0.302 e. The molecule has 252 valence electrons. The van der Waals surface area contributed by atoms with Gasteiger partial charge in [-0.1, -0.05) is 18.2 Å². The van der Waals surface area contributed by atoms with Gasteiger partial charge in [0.1, 0.15) is 6.61 Å². The van der Waals surface area contributed by atoms with Crippen molar-refractivity contribution in [2.24, 2.45) is 0 Å². The Morgan fingerprint density at radius 2 is 1.41 bits per heavy atom. The molecule has 0 radical (unpaired) electrons. The Labute approximate surface area is 270 Å². The Morgan fingerprint density at radius 1 is 0.739 bits per heavy atom. The zero-order chi connectivity index (χ0) is 33.1. The second kappa shape index (κ2) is 20.3. The van der Waals surface area contributed by atoms with Crippen molar-refractivity contribution in [2.45, 2.75) is 44.9 Å². The summed E-state index contributed by atoms with van der Waals surface area (Å²) in [7, 11) is 3.28. The van der Waals surface area contributed by atoms with Crippen molar-refractivity contribution < 1.29 is 42.9 Å². The van der Waals surface area contributed by atoms with Crippen LogP contribution in [-0.4, -0.2) is 97.2 Å². The van der Waals surface area contributed by atoms with E-state index in [1.807, 2.05) is 24.3 Å². The molecule has 0 spiro atoms. The standard InChI is InChI=1S/C34H47N3O9/c1-24(38)46-23-30-26-8-4-9-28(34(41)36-15-21-45-19-7-17-43-3)33(26)27-13-12-25(22-29(27)30)37-32(40)11-5-10-31(39)35-14-20-44-18-6-16-42-2/h4,8-9,12-13,22,30H,5-7,10-11,14-21,23H2,1-3H3,(H,35,39)(H,36,41)(H,37,40). The van der Waals surface area contributed by atoms with E-state index in [-0.39, 0.29) is 43.1 Å². The lowest BCUT2D eigenvalue weighted by atomic mass is 9.96. The Hall–Kier alpha value is -3.84. The highest BCUT2D eigenvalue weighted by Gasteiger charge is 2.33. The highest BCUT2D eigenvalue weighted by atomic mass is 16.5. The molecule has 3 N–H and O–H groups in total. The van der Waals surface area contributed by atoms with E-state index in [1.165, 1.54) is 6.92 Å². The fraction of sp³-hybridized carbons (Fsp3) is 0.529. The van der Waals surface area contributed by atoms with Crippen LogP contribution in [0.4, 0.5) is 5.69 Å². The van der Waals surface area contributed by atoms with Crippen LogP contribution in [0.3, 0.4) is 0 Å². The highest BCUT2D eigenvalue weighted by Crippen LogP contribution is 2.47. The number of benzene rings is 2. The van der Waals surface area contributed by atoms with Gasteiger partial charge in [0.2, 0.25) is 11.8 Å². The second-order valence-electron chi connectivity index (χ2n) is 10.9. The molecule has 12 nitrogen and oxygen atoms in total. The average molecular weight is 642 g/mol. The van der Waals surface area contributed by atoms with Gasteiger partial charge in [0, 0.05) is 90.7 Å². The molecule has 0 bridgehead atoms. The average Bonchev–Trinajstić information content (AvgIpc) is 3.35. The minimum Gasteiger partial charge on any atom is -0.465 e. The number of hydrogen-bond acceptors (Lipinski definition) is 9. The molecule has 3 amide bonds. The Kier molecular flexibility index (Phi) is 16.2. The zero-order valence-corrected chi connectivity index (χ0v) is 27.1. The van der Waals surface area contributed by atoms with Gasteiger partial charge < -0.3 is 39.6 Å². The largest absolute Gasteiger partial charge is 0.465 e. The van der Waals surface area contributed by atoms with Crippen molar-refractivity contribution in [3.63, 3.8) is 0 Å². The van der Waals surface area contributed by atoms with Gasteiger partial charge in [0.25, 0.3) is 5.91 Å². The topological polar surface area (TPSA) is 151 Å². The third kappa shape index (κ3) is 11.8. The minimum atomic E-state index is -0.405. The zero-order valence-electron chi connectivity index (χ0n) is 27.1. The third-order valence-corrected chi connectivity index (χ3v) is 7.33. The van der Waals surface area contributed by atoms with Crippen LogP contribution in [0, 0.1) is 0 Å². The van der Waals surface area contributed by atoms with E-state index in [4.69, 9.17) is 23.7 Å². The van der Waals surface area contributed by atoms with Crippen LogP contribution in [0.2, 0.25) is 0 Å². The molecule has 0 fully saturated rings. The normalized spacial score (nSPS) is 13.1. The number of carbonyl (C=O) groups is 4. The molecule has 0 saturated heterocycles.